The maximum absolute atomic E-state index is 12.3. The highest BCUT2D eigenvalue weighted by atomic mass is 35.5. The fourth-order valence-electron chi connectivity index (χ4n) is 2.82. The molecule has 20 heavy (non-hydrogen) atoms. The number of pyridine rings is 1. The Morgan fingerprint density at radius 3 is 2.80 bits per heavy atom. The van der Waals surface area contributed by atoms with E-state index in [2.05, 4.69) is 10.3 Å². The molecule has 3 nitrogen and oxygen atoms in total. The molecule has 1 fully saturated rings. The quantitative estimate of drug-likeness (QED) is 0.877. The summed E-state index contributed by atoms with van der Waals surface area (Å²) >= 11 is 6.36. The van der Waals surface area contributed by atoms with Crippen molar-refractivity contribution in [1.29, 1.82) is 0 Å². The molecule has 1 unspecified atom stereocenters. The molecular weight excluding hydrogens is 272 g/mol. The third-order valence-corrected chi connectivity index (χ3v) is 4.30. The summed E-state index contributed by atoms with van der Waals surface area (Å²) < 4.78 is 0. The number of hydrogen-bond acceptors (Lipinski definition) is 2. The van der Waals surface area contributed by atoms with Gasteiger partial charge in [0.25, 0.3) is 0 Å². The molecule has 0 aliphatic heterocycles. The van der Waals surface area contributed by atoms with Crippen molar-refractivity contribution in [3.05, 3.63) is 42.1 Å². The molecule has 0 spiro atoms. The Balaban J connectivity index is 1.84. The molecule has 1 aliphatic rings. The minimum absolute atomic E-state index is 0.114. The first-order chi connectivity index (χ1) is 9.75. The largest absolute Gasteiger partial charge is 0.352 e. The molecule has 0 saturated heterocycles. The molecule has 1 heterocycles. The van der Waals surface area contributed by atoms with Crippen molar-refractivity contribution >= 4 is 28.4 Å². The molecule has 1 N–H and O–H groups in total. The summed E-state index contributed by atoms with van der Waals surface area (Å²) in [5.41, 5.74) is 1.58. The van der Waals surface area contributed by atoms with Gasteiger partial charge in [0.2, 0.25) is 5.91 Å². The van der Waals surface area contributed by atoms with E-state index in [9.17, 15) is 4.79 Å². The normalized spacial score (nSPS) is 17.2. The number of aromatic nitrogens is 1. The predicted molar refractivity (Wildman–Crippen MR) is 80.7 cm³/mol. The smallest absolute Gasteiger partial charge is 0.242 e. The lowest BCUT2D eigenvalue weighted by Gasteiger charge is -2.16. The SMILES string of the molecule is O=C(NC1CCCC1)C(Cl)c1cccc2cccnc12. The Morgan fingerprint density at radius 1 is 1.25 bits per heavy atom. The first-order valence-electron chi connectivity index (χ1n) is 7.04. The van der Waals surface area contributed by atoms with Gasteiger partial charge in [-0.15, -0.1) is 11.6 Å². The van der Waals surface area contributed by atoms with Crippen LogP contribution in [0.15, 0.2) is 36.5 Å². The second-order valence-electron chi connectivity index (χ2n) is 5.27. The number of fused-ring (bicyclic) bond motifs is 1. The summed E-state index contributed by atoms with van der Waals surface area (Å²) in [4.78, 5) is 16.6. The van der Waals surface area contributed by atoms with Crippen LogP contribution in [-0.2, 0) is 4.79 Å². The van der Waals surface area contributed by atoms with Crippen LogP contribution in [0, 0.1) is 0 Å². The number of carbonyl (C=O) groups is 1. The lowest BCUT2D eigenvalue weighted by atomic mass is 10.1. The first-order valence-corrected chi connectivity index (χ1v) is 7.47. The van der Waals surface area contributed by atoms with E-state index in [4.69, 9.17) is 11.6 Å². The minimum atomic E-state index is -0.686. The van der Waals surface area contributed by atoms with Crippen LogP contribution in [0.4, 0.5) is 0 Å². The van der Waals surface area contributed by atoms with Crippen LogP contribution in [0.5, 0.6) is 0 Å². The van der Waals surface area contributed by atoms with Crippen LogP contribution in [0.3, 0.4) is 0 Å². The zero-order chi connectivity index (χ0) is 13.9. The lowest BCUT2D eigenvalue weighted by molar-refractivity contribution is -0.121. The maximum Gasteiger partial charge on any atom is 0.242 e. The molecule has 1 amide bonds. The fourth-order valence-corrected chi connectivity index (χ4v) is 3.06. The van der Waals surface area contributed by atoms with Gasteiger partial charge in [0, 0.05) is 23.2 Å². The van der Waals surface area contributed by atoms with Gasteiger partial charge in [0.1, 0.15) is 5.38 Å². The number of carbonyl (C=O) groups excluding carboxylic acids is 1. The van der Waals surface area contributed by atoms with Gasteiger partial charge in [0.15, 0.2) is 0 Å². The number of nitrogens with zero attached hydrogens (tertiary/aromatic N) is 1. The monoisotopic (exact) mass is 288 g/mol. The van der Waals surface area contributed by atoms with Crippen LogP contribution in [-0.4, -0.2) is 16.9 Å². The van der Waals surface area contributed by atoms with Gasteiger partial charge < -0.3 is 5.32 Å². The second kappa shape index (κ2) is 5.80. The predicted octanol–water partition coefficient (Wildman–Crippen LogP) is 3.57. The summed E-state index contributed by atoms with van der Waals surface area (Å²) in [6, 6.07) is 9.91. The molecule has 0 radical (unpaired) electrons. The van der Waals surface area contributed by atoms with Crippen LogP contribution in [0.25, 0.3) is 10.9 Å². The number of nitrogens with one attached hydrogen (secondary N) is 1. The van der Waals surface area contributed by atoms with Gasteiger partial charge in [-0.3, -0.25) is 9.78 Å². The zero-order valence-corrected chi connectivity index (χ0v) is 11.9. The molecule has 0 bridgehead atoms. The van der Waals surface area contributed by atoms with Crippen molar-refractivity contribution in [1.82, 2.24) is 10.3 Å². The molecule has 1 atom stereocenters. The first kappa shape index (κ1) is 13.4. The Morgan fingerprint density at radius 2 is 2.00 bits per heavy atom. The third kappa shape index (κ3) is 2.63. The average Bonchev–Trinajstić information content (AvgIpc) is 2.99. The van der Waals surface area contributed by atoms with Crippen molar-refractivity contribution in [3.63, 3.8) is 0 Å². The molecular formula is C16H17ClN2O. The molecule has 1 aromatic heterocycles. The van der Waals surface area contributed by atoms with Crippen molar-refractivity contribution in [2.24, 2.45) is 0 Å². The Bertz CT molecular complexity index is 617. The lowest BCUT2D eigenvalue weighted by Crippen LogP contribution is -2.35. The van der Waals surface area contributed by atoms with Crippen molar-refractivity contribution in [2.75, 3.05) is 0 Å². The minimum Gasteiger partial charge on any atom is -0.352 e. The number of alkyl halides is 1. The molecule has 1 aliphatic carbocycles. The second-order valence-corrected chi connectivity index (χ2v) is 5.71. The highest BCUT2D eigenvalue weighted by Crippen LogP contribution is 2.28. The van der Waals surface area contributed by atoms with Gasteiger partial charge >= 0.3 is 0 Å². The van der Waals surface area contributed by atoms with E-state index in [1.54, 1.807) is 6.20 Å². The van der Waals surface area contributed by atoms with Crippen molar-refractivity contribution < 1.29 is 4.79 Å². The number of rotatable bonds is 3. The summed E-state index contributed by atoms with van der Waals surface area (Å²) in [6.07, 6.45) is 6.22. The summed E-state index contributed by atoms with van der Waals surface area (Å²) in [5.74, 6) is -0.114. The number of hydrogen-bond donors (Lipinski definition) is 1. The molecule has 1 saturated carbocycles. The molecule has 1 aromatic carbocycles. The van der Waals surface area contributed by atoms with Crippen LogP contribution in [0.1, 0.15) is 36.6 Å². The standard InChI is InChI=1S/C16H17ClN2O/c17-14(16(20)19-12-7-1-2-8-12)13-9-3-5-11-6-4-10-18-15(11)13/h3-6,9-10,12,14H,1-2,7-8H2,(H,19,20). The topological polar surface area (TPSA) is 42.0 Å². The van der Waals surface area contributed by atoms with Crippen molar-refractivity contribution in [2.45, 2.75) is 37.1 Å². The highest BCUT2D eigenvalue weighted by Gasteiger charge is 2.24. The van der Waals surface area contributed by atoms with E-state index in [1.165, 1.54) is 12.8 Å². The molecule has 2 aromatic rings. The Kier molecular flexibility index (Phi) is 3.88. The van der Waals surface area contributed by atoms with Gasteiger partial charge in [-0.05, 0) is 18.9 Å². The van der Waals surface area contributed by atoms with E-state index in [-0.39, 0.29) is 11.9 Å². The van der Waals surface area contributed by atoms with E-state index >= 15 is 0 Å². The van der Waals surface area contributed by atoms with E-state index < -0.39 is 5.38 Å². The number of para-hydroxylation sites is 1. The third-order valence-electron chi connectivity index (χ3n) is 3.87. The zero-order valence-electron chi connectivity index (χ0n) is 11.2. The summed E-state index contributed by atoms with van der Waals surface area (Å²) in [7, 11) is 0. The van der Waals surface area contributed by atoms with Gasteiger partial charge in [-0.25, -0.2) is 0 Å². The summed E-state index contributed by atoms with van der Waals surface area (Å²) in [6.45, 7) is 0. The van der Waals surface area contributed by atoms with E-state index in [1.807, 2.05) is 30.3 Å². The molecule has 3 rings (SSSR count). The fraction of sp³-hybridized carbons (Fsp3) is 0.375. The Labute approximate surface area is 123 Å². The van der Waals surface area contributed by atoms with E-state index in [0.29, 0.717) is 0 Å². The van der Waals surface area contributed by atoms with Crippen molar-refractivity contribution in [3.8, 4) is 0 Å². The number of amides is 1. The highest BCUT2D eigenvalue weighted by molar-refractivity contribution is 6.31. The van der Waals surface area contributed by atoms with Crippen LogP contribution < -0.4 is 5.32 Å². The van der Waals surface area contributed by atoms with Crippen LogP contribution >= 0.6 is 11.6 Å². The van der Waals surface area contributed by atoms with E-state index in [0.717, 1.165) is 29.3 Å². The number of benzene rings is 1. The number of halogens is 1. The molecule has 104 valence electrons. The van der Waals surface area contributed by atoms with Gasteiger partial charge in [0.05, 0.1) is 5.52 Å². The summed E-state index contributed by atoms with van der Waals surface area (Å²) in [5, 5.41) is 3.36. The maximum atomic E-state index is 12.3. The van der Waals surface area contributed by atoms with Gasteiger partial charge in [-0.1, -0.05) is 37.1 Å². The van der Waals surface area contributed by atoms with Crippen LogP contribution in [0.2, 0.25) is 0 Å². The Hall–Kier alpha value is -1.61. The van der Waals surface area contributed by atoms with Gasteiger partial charge in [-0.2, -0.15) is 0 Å². The molecule has 4 heteroatoms. The average molecular weight is 289 g/mol.